The molecule has 1 fully saturated rings. The first kappa shape index (κ1) is 33.5. The Balaban J connectivity index is 1.30. The topological polar surface area (TPSA) is 88.7 Å². The summed E-state index contributed by atoms with van der Waals surface area (Å²) in [6.07, 6.45) is 0.0301. The summed E-state index contributed by atoms with van der Waals surface area (Å²) in [4.78, 5) is 27.7. The van der Waals surface area contributed by atoms with Gasteiger partial charge >= 0.3 is 6.09 Å². The number of nitrogens with one attached hydrogen (secondary N) is 3. The standard InChI is InChI=1S/C36H37ClFN3O4S/c1-44-36(43)41-34(33(24-9-4-2-5-10-24)25-11-6-3-7-12-25)35(42)40-32-14-8-13-31(38)30(32)20-17-27-21-39-22-28(45-27)23-46-29-18-15-26(37)16-19-29/h2-16,18-19,27-28,33-34,39H,17,20-23H2,1H3,(H,40,42)(H,41,43)/t27-,28+,34?/m1/s1. The highest BCUT2D eigenvalue weighted by atomic mass is 35.5. The van der Waals surface area contributed by atoms with Crippen LogP contribution in [0.2, 0.25) is 5.02 Å². The summed E-state index contributed by atoms with van der Waals surface area (Å²) in [5, 5.41) is 9.79. The van der Waals surface area contributed by atoms with Crippen LogP contribution in [-0.4, -0.2) is 56.2 Å². The van der Waals surface area contributed by atoms with Crippen LogP contribution in [0, 0.1) is 5.82 Å². The Morgan fingerprint density at radius 1 is 0.935 bits per heavy atom. The second-order valence-corrected chi connectivity index (χ2v) is 12.5. The molecule has 7 nitrogen and oxygen atoms in total. The number of thioether (sulfide) groups is 1. The minimum absolute atomic E-state index is 0.00252. The molecule has 0 aromatic heterocycles. The van der Waals surface area contributed by atoms with Gasteiger partial charge in [-0.05, 0) is 60.4 Å². The van der Waals surface area contributed by atoms with Crippen molar-refractivity contribution in [2.24, 2.45) is 0 Å². The van der Waals surface area contributed by atoms with Crippen molar-refractivity contribution < 1.29 is 23.5 Å². The highest BCUT2D eigenvalue weighted by Crippen LogP contribution is 2.31. The molecule has 0 radical (unpaired) electrons. The Morgan fingerprint density at radius 3 is 2.24 bits per heavy atom. The summed E-state index contributed by atoms with van der Waals surface area (Å²) in [7, 11) is 1.25. The van der Waals surface area contributed by atoms with Crippen LogP contribution in [0.5, 0.6) is 0 Å². The number of amides is 2. The van der Waals surface area contributed by atoms with Crippen LogP contribution in [0.25, 0.3) is 0 Å². The largest absolute Gasteiger partial charge is 0.453 e. The van der Waals surface area contributed by atoms with Gasteiger partial charge in [-0.2, -0.15) is 0 Å². The van der Waals surface area contributed by atoms with Gasteiger partial charge in [0.05, 0.1) is 19.3 Å². The van der Waals surface area contributed by atoms with E-state index in [1.807, 2.05) is 84.9 Å². The van der Waals surface area contributed by atoms with Gasteiger partial charge in [0, 0.05) is 45.9 Å². The maximum atomic E-state index is 15.3. The van der Waals surface area contributed by atoms with Gasteiger partial charge in [0.15, 0.2) is 0 Å². The zero-order chi connectivity index (χ0) is 32.3. The summed E-state index contributed by atoms with van der Waals surface area (Å²) in [5.41, 5.74) is 2.39. The smallest absolute Gasteiger partial charge is 0.407 e. The summed E-state index contributed by atoms with van der Waals surface area (Å²) >= 11 is 7.71. The number of ether oxygens (including phenoxy) is 2. The predicted octanol–water partition coefficient (Wildman–Crippen LogP) is 7.06. The fraction of sp³-hybridized carbons (Fsp3) is 0.278. The fourth-order valence-electron chi connectivity index (χ4n) is 5.59. The average molecular weight is 662 g/mol. The number of hydrogen-bond acceptors (Lipinski definition) is 6. The number of methoxy groups -OCH3 is 1. The van der Waals surface area contributed by atoms with Gasteiger partial charge in [0.2, 0.25) is 5.91 Å². The highest BCUT2D eigenvalue weighted by molar-refractivity contribution is 7.99. The number of morpholine rings is 1. The van der Waals surface area contributed by atoms with Crippen molar-refractivity contribution in [1.82, 2.24) is 10.6 Å². The number of hydrogen-bond donors (Lipinski definition) is 3. The zero-order valence-electron chi connectivity index (χ0n) is 25.5. The third-order valence-electron chi connectivity index (χ3n) is 7.86. The summed E-state index contributed by atoms with van der Waals surface area (Å²) in [5.74, 6) is -0.686. The van der Waals surface area contributed by atoms with E-state index in [1.165, 1.54) is 13.2 Å². The molecule has 0 bridgehead atoms. The second-order valence-electron chi connectivity index (χ2n) is 11.0. The van der Waals surface area contributed by atoms with Gasteiger partial charge < -0.3 is 25.4 Å². The van der Waals surface area contributed by atoms with Gasteiger partial charge in [0.25, 0.3) is 0 Å². The molecule has 240 valence electrons. The number of anilines is 1. The normalized spacial score (nSPS) is 16.9. The summed E-state index contributed by atoms with van der Waals surface area (Å²) < 4.78 is 26.6. The molecule has 0 aliphatic carbocycles. The number of benzene rings is 4. The Labute approximate surface area is 278 Å². The molecule has 1 heterocycles. The molecule has 46 heavy (non-hydrogen) atoms. The third kappa shape index (κ3) is 9.10. The van der Waals surface area contributed by atoms with Crippen LogP contribution in [0.1, 0.15) is 29.0 Å². The number of alkyl carbamates (subject to hydrolysis) is 1. The van der Waals surface area contributed by atoms with Crippen LogP contribution in [0.15, 0.2) is 108 Å². The number of carbonyl (C=O) groups is 2. The molecule has 1 saturated heterocycles. The third-order valence-corrected chi connectivity index (χ3v) is 9.26. The molecule has 1 aliphatic heterocycles. The van der Waals surface area contributed by atoms with E-state index in [1.54, 1.807) is 23.9 Å². The molecule has 2 amide bonds. The quantitative estimate of drug-likeness (QED) is 0.141. The highest BCUT2D eigenvalue weighted by Gasteiger charge is 2.33. The fourth-order valence-corrected chi connectivity index (χ4v) is 6.62. The molecule has 10 heteroatoms. The molecule has 3 N–H and O–H groups in total. The minimum Gasteiger partial charge on any atom is -0.453 e. The molecule has 3 atom stereocenters. The number of halogens is 2. The lowest BCUT2D eigenvalue weighted by Crippen LogP contribution is -2.48. The molecule has 5 rings (SSSR count). The molecular weight excluding hydrogens is 625 g/mol. The Hall–Kier alpha value is -3.89. The average Bonchev–Trinajstić information content (AvgIpc) is 3.08. The minimum atomic E-state index is -1.06. The predicted molar refractivity (Wildman–Crippen MR) is 181 cm³/mol. The van der Waals surface area contributed by atoms with E-state index in [-0.39, 0.29) is 12.2 Å². The monoisotopic (exact) mass is 661 g/mol. The summed E-state index contributed by atoms with van der Waals surface area (Å²) in [6, 6.07) is 30.2. The maximum absolute atomic E-state index is 15.3. The summed E-state index contributed by atoms with van der Waals surface area (Å²) in [6.45, 7) is 1.38. The Kier molecular flexibility index (Phi) is 12.1. The van der Waals surface area contributed by atoms with Gasteiger partial charge in [-0.3, -0.25) is 4.79 Å². The van der Waals surface area contributed by atoms with Crippen molar-refractivity contribution in [2.45, 2.75) is 41.9 Å². The lowest BCUT2D eigenvalue weighted by atomic mass is 9.84. The van der Waals surface area contributed by atoms with Crippen molar-refractivity contribution in [3.05, 3.63) is 131 Å². The van der Waals surface area contributed by atoms with Crippen LogP contribution in [0.3, 0.4) is 0 Å². The van der Waals surface area contributed by atoms with E-state index in [4.69, 9.17) is 21.1 Å². The lowest BCUT2D eigenvalue weighted by molar-refractivity contribution is -0.118. The van der Waals surface area contributed by atoms with Crippen molar-refractivity contribution in [2.75, 3.05) is 31.3 Å². The molecule has 4 aromatic rings. The van der Waals surface area contributed by atoms with Gasteiger partial charge in [-0.15, -0.1) is 11.8 Å². The van der Waals surface area contributed by atoms with E-state index in [0.29, 0.717) is 35.7 Å². The molecular formula is C36H37ClFN3O4S. The molecule has 1 unspecified atom stereocenters. The first-order valence-electron chi connectivity index (χ1n) is 15.2. The Bertz CT molecular complexity index is 1540. The van der Waals surface area contributed by atoms with Crippen molar-refractivity contribution in [1.29, 1.82) is 0 Å². The lowest BCUT2D eigenvalue weighted by Gasteiger charge is -2.31. The first-order chi connectivity index (χ1) is 22.4. The van der Waals surface area contributed by atoms with Gasteiger partial charge in [-0.25, -0.2) is 9.18 Å². The van der Waals surface area contributed by atoms with E-state index in [2.05, 4.69) is 16.0 Å². The maximum Gasteiger partial charge on any atom is 0.407 e. The van der Waals surface area contributed by atoms with E-state index < -0.39 is 29.8 Å². The van der Waals surface area contributed by atoms with Crippen LogP contribution < -0.4 is 16.0 Å². The molecule has 1 aliphatic rings. The SMILES string of the molecule is COC(=O)NC(C(=O)Nc1cccc(F)c1CC[C@@H]1CNC[C@@H](CSc2ccc(Cl)cc2)O1)C(c1ccccc1)c1ccccc1. The van der Waals surface area contributed by atoms with Crippen molar-refractivity contribution >= 4 is 41.1 Å². The van der Waals surface area contributed by atoms with Crippen molar-refractivity contribution in [3.8, 4) is 0 Å². The van der Waals surface area contributed by atoms with Crippen LogP contribution in [-0.2, 0) is 20.7 Å². The first-order valence-corrected chi connectivity index (χ1v) is 16.5. The molecule has 4 aromatic carbocycles. The molecule has 0 saturated carbocycles. The zero-order valence-corrected chi connectivity index (χ0v) is 27.0. The van der Waals surface area contributed by atoms with Gasteiger partial charge in [-0.1, -0.05) is 78.3 Å². The van der Waals surface area contributed by atoms with Crippen LogP contribution in [0.4, 0.5) is 14.9 Å². The van der Waals surface area contributed by atoms with E-state index >= 15 is 4.39 Å². The molecule has 0 spiro atoms. The van der Waals surface area contributed by atoms with E-state index in [0.717, 1.165) is 28.3 Å². The Morgan fingerprint density at radius 2 is 1.59 bits per heavy atom. The second kappa shape index (κ2) is 16.6. The number of rotatable bonds is 12. The van der Waals surface area contributed by atoms with Crippen molar-refractivity contribution in [3.63, 3.8) is 0 Å². The van der Waals surface area contributed by atoms with E-state index in [9.17, 15) is 9.59 Å². The number of carbonyl (C=O) groups excluding carboxylic acids is 2. The van der Waals surface area contributed by atoms with Gasteiger partial charge in [0.1, 0.15) is 11.9 Å². The van der Waals surface area contributed by atoms with Crippen LogP contribution >= 0.6 is 23.4 Å².